The number of rotatable bonds is 7. The predicted octanol–water partition coefficient (Wildman–Crippen LogP) is -0.355. The number of ether oxygens (including phenoxy) is 3. The van der Waals surface area contributed by atoms with E-state index in [0.29, 0.717) is 5.75 Å². The number of hydrogen-bond donors (Lipinski definition) is 5. The van der Waals surface area contributed by atoms with Gasteiger partial charge < -0.3 is 39.7 Å². The number of aliphatic hydroxyl groups excluding tert-OH is 4. The van der Waals surface area contributed by atoms with Crippen molar-refractivity contribution in [3.63, 3.8) is 0 Å². The van der Waals surface area contributed by atoms with Crippen LogP contribution in [0.3, 0.4) is 0 Å². The summed E-state index contributed by atoms with van der Waals surface area (Å²) in [6, 6.07) is 9.23. The summed E-state index contributed by atoms with van der Waals surface area (Å²) < 4.78 is 15.7. The lowest BCUT2D eigenvalue weighted by Gasteiger charge is -2.39. The third-order valence-electron chi connectivity index (χ3n) is 4.81. The third-order valence-corrected chi connectivity index (χ3v) is 4.81. The molecule has 0 aromatic heterocycles. The Labute approximate surface area is 176 Å². The summed E-state index contributed by atoms with van der Waals surface area (Å²) in [4.78, 5) is 25.1. The molecule has 1 aliphatic rings. The lowest BCUT2D eigenvalue weighted by molar-refractivity contribution is -0.277. The maximum Gasteiger partial charge on any atom is 0.233 e. The molecule has 0 spiro atoms. The van der Waals surface area contributed by atoms with Gasteiger partial charge in [-0.3, -0.25) is 9.59 Å². The largest absolute Gasteiger partial charge is 0.508 e. The van der Waals surface area contributed by atoms with Crippen molar-refractivity contribution in [2.45, 2.75) is 30.7 Å². The van der Waals surface area contributed by atoms with Gasteiger partial charge in [0, 0.05) is 17.2 Å². The molecule has 0 radical (unpaired) electrons. The molecule has 1 aliphatic heterocycles. The molecule has 1 fully saturated rings. The summed E-state index contributed by atoms with van der Waals surface area (Å²) in [7, 11) is 1.46. The highest BCUT2D eigenvalue weighted by Crippen LogP contribution is 2.28. The number of aromatic hydroxyl groups is 1. The van der Waals surface area contributed by atoms with Gasteiger partial charge in [0.05, 0.1) is 13.7 Å². The van der Waals surface area contributed by atoms with Crippen molar-refractivity contribution < 1.29 is 49.3 Å². The van der Waals surface area contributed by atoms with E-state index in [1.54, 1.807) is 0 Å². The van der Waals surface area contributed by atoms with E-state index in [0.717, 1.165) is 18.2 Å². The molecule has 166 valence electrons. The van der Waals surface area contributed by atoms with Crippen LogP contribution in [0.15, 0.2) is 42.5 Å². The SMILES string of the molecule is COc1ccc(C(=O)C(=O)c2cc(O)cc(O[C@@H]3O[C@H](CO)[C@@H](O)[C@H](O)[C@H]3O)c2)cc1. The van der Waals surface area contributed by atoms with Crippen molar-refractivity contribution in [3.05, 3.63) is 53.6 Å². The summed E-state index contributed by atoms with van der Waals surface area (Å²) in [5, 5.41) is 49.0. The minimum Gasteiger partial charge on any atom is -0.508 e. The number of hydrogen-bond acceptors (Lipinski definition) is 10. The van der Waals surface area contributed by atoms with Crippen LogP contribution >= 0.6 is 0 Å². The second-order valence-corrected chi connectivity index (χ2v) is 6.92. The molecule has 0 unspecified atom stereocenters. The standard InChI is InChI=1S/C21H22O10/c1-29-13-4-2-10(3-5-13)16(24)17(25)11-6-12(23)8-14(7-11)30-21-20(28)19(27)18(26)15(9-22)31-21/h2-8,15,18-23,26-28H,9H2,1H3/t15-,18-,19+,20-,21-/m1/s1. The topological polar surface area (TPSA) is 163 Å². The molecule has 0 aliphatic carbocycles. The van der Waals surface area contributed by atoms with Gasteiger partial charge in [-0.2, -0.15) is 0 Å². The Morgan fingerprint density at radius 1 is 0.903 bits per heavy atom. The first-order valence-corrected chi connectivity index (χ1v) is 9.29. The summed E-state index contributed by atoms with van der Waals surface area (Å²) in [6.45, 7) is -0.648. The molecule has 0 bridgehead atoms. The molecule has 2 aromatic carbocycles. The number of phenols is 1. The van der Waals surface area contributed by atoms with Gasteiger partial charge in [0.1, 0.15) is 41.7 Å². The highest BCUT2D eigenvalue weighted by molar-refractivity contribution is 6.49. The van der Waals surface area contributed by atoms with E-state index < -0.39 is 54.6 Å². The van der Waals surface area contributed by atoms with E-state index in [2.05, 4.69) is 0 Å². The molecule has 2 aromatic rings. The summed E-state index contributed by atoms with van der Waals surface area (Å²) in [6.07, 6.45) is -7.62. The van der Waals surface area contributed by atoms with Crippen molar-refractivity contribution in [2.24, 2.45) is 0 Å². The first kappa shape index (κ1) is 22.7. The van der Waals surface area contributed by atoms with Gasteiger partial charge in [-0.1, -0.05) is 0 Å². The van der Waals surface area contributed by atoms with Crippen LogP contribution in [0.4, 0.5) is 0 Å². The van der Waals surface area contributed by atoms with Gasteiger partial charge in [0.2, 0.25) is 17.9 Å². The van der Waals surface area contributed by atoms with E-state index in [9.17, 15) is 35.1 Å². The van der Waals surface area contributed by atoms with E-state index >= 15 is 0 Å². The average molecular weight is 434 g/mol. The minimum atomic E-state index is -1.68. The van der Waals surface area contributed by atoms with Crippen LogP contribution in [0.5, 0.6) is 17.2 Å². The summed E-state index contributed by atoms with van der Waals surface area (Å²) >= 11 is 0. The molecule has 1 saturated heterocycles. The normalized spacial score (nSPS) is 25.6. The van der Waals surface area contributed by atoms with Crippen LogP contribution in [0, 0.1) is 0 Å². The zero-order valence-corrected chi connectivity index (χ0v) is 16.4. The van der Waals surface area contributed by atoms with Gasteiger partial charge in [0.25, 0.3) is 0 Å². The number of phenolic OH excluding ortho intramolecular Hbond substituents is 1. The maximum atomic E-state index is 12.6. The molecule has 1 heterocycles. The van der Waals surface area contributed by atoms with Crippen molar-refractivity contribution >= 4 is 11.6 Å². The predicted molar refractivity (Wildman–Crippen MR) is 104 cm³/mol. The Morgan fingerprint density at radius 3 is 2.16 bits per heavy atom. The number of ketones is 2. The molecule has 3 rings (SSSR count). The number of benzene rings is 2. The highest BCUT2D eigenvalue weighted by Gasteiger charge is 2.44. The van der Waals surface area contributed by atoms with Gasteiger partial charge in [0.15, 0.2) is 0 Å². The second-order valence-electron chi connectivity index (χ2n) is 6.92. The first-order chi connectivity index (χ1) is 14.7. The lowest BCUT2D eigenvalue weighted by Crippen LogP contribution is -2.60. The molecular formula is C21H22O10. The average Bonchev–Trinajstić information content (AvgIpc) is 2.78. The molecule has 0 saturated carbocycles. The zero-order valence-electron chi connectivity index (χ0n) is 16.4. The van der Waals surface area contributed by atoms with Crippen molar-refractivity contribution in [2.75, 3.05) is 13.7 Å². The van der Waals surface area contributed by atoms with Crippen molar-refractivity contribution in [1.29, 1.82) is 0 Å². The van der Waals surface area contributed by atoms with Crippen LogP contribution in [-0.4, -0.2) is 81.5 Å². The Balaban J connectivity index is 1.81. The van der Waals surface area contributed by atoms with Gasteiger partial charge in [-0.05, 0) is 36.4 Å². The number of carbonyl (C=O) groups is 2. The Kier molecular flexibility index (Phi) is 6.88. The first-order valence-electron chi connectivity index (χ1n) is 9.29. The van der Waals surface area contributed by atoms with E-state index in [-0.39, 0.29) is 16.9 Å². The van der Waals surface area contributed by atoms with Gasteiger partial charge in [-0.25, -0.2) is 0 Å². The summed E-state index contributed by atoms with van der Waals surface area (Å²) in [5.41, 5.74) is -0.0639. The van der Waals surface area contributed by atoms with Crippen LogP contribution < -0.4 is 9.47 Å². The van der Waals surface area contributed by atoms with E-state index in [1.165, 1.54) is 31.4 Å². The monoisotopic (exact) mass is 434 g/mol. The van der Waals surface area contributed by atoms with Crippen LogP contribution in [0.1, 0.15) is 20.7 Å². The second kappa shape index (κ2) is 9.41. The van der Waals surface area contributed by atoms with Gasteiger partial charge in [-0.15, -0.1) is 0 Å². The number of Topliss-reactive ketones (excluding diaryl/α,β-unsaturated/α-hetero) is 2. The quantitative estimate of drug-likeness (QED) is 0.287. The maximum absolute atomic E-state index is 12.6. The van der Waals surface area contributed by atoms with E-state index in [4.69, 9.17) is 14.2 Å². The molecular weight excluding hydrogens is 412 g/mol. The number of carbonyl (C=O) groups excluding carboxylic acids is 2. The third kappa shape index (κ3) is 4.84. The molecule has 10 heteroatoms. The number of aliphatic hydroxyl groups is 4. The fourth-order valence-corrected chi connectivity index (χ4v) is 3.09. The molecule has 10 nitrogen and oxygen atoms in total. The number of methoxy groups -OCH3 is 1. The molecule has 31 heavy (non-hydrogen) atoms. The molecule has 5 N–H and O–H groups in total. The van der Waals surface area contributed by atoms with E-state index in [1.807, 2.05) is 0 Å². The minimum absolute atomic E-state index is 0.116. The van der Waals surface area contributed by atoms with Crippen LogP contribution in [0.2, 0.25) is 0 Å². The van der Waals surface area contributed by atoms with Crippen LogP contribution in [0.25, 0.3) is 0 Å². The summed E-state index contributed by atoms with van der Waals surface area (Å²) in [5.74, 6) is -1.77. The van der Waals surface area contributed by atoms with Crippen LogP contribution in [-0.2, 0) is 4.74 Å². The fourth-order valence-electron chi connectivity index (χ4n) is 3.09. The van der Waals surface area contributed by atoms with Crippen molar-refractivity contribution in [3.8, 4) is 17.2 Å². The Bertz CT molecular complexity index is 940. The zero-order chi connectivity index (χ0) is 22.7. The molecule has 0 amide bonds. The fraction of sp³-hybridized carbons (Fsp3) is 0.333. The highest BCUT2D eigenvalue weighted by atomic mass is 16.7. The molecule has 5 atom stereocenters. The van der Waals surface area contributed by atoms with Crippen molar-refractivity contribution in [1.82, 2.24) is 0 Å². The lowest BCUT2D eigenvalue weighted by atomic mass is 9.99. The smallest absolute Gasteiger partial charge is 0.233 e. The Morgan fingerprint density at radius 2 is 1.55 bits per heavy atom. The van der Waals surface area contributed by atoms with Gasteiger partial charge >= 0.3 is 0 Å². The Hall–Kier alpha value is -3.02.